The van der Waals surface area contributed by atoms with Crippen LogP contribution in [-0.4, -0.2) is 4.57 Å². The Labute approximate surface area is 315 Å². The van der Waals surface area contributed by atoms with Crippen LogP contribution < -0.4 is 4.90 Å². The minimum Gasteiger partial charge on any atom is -0.310 e. The standard InChI is InChI=1S/C52H36N2/c1-3-15-37(16-4-1)38-27-31-43(32-28-38)53(49-24-12-9-21-45(49)39-17-5-2-6-18-39)44-33-29-40(30-34-44)46-22-10-13-25-50(46)54-51-26-14-11-23-47(51)48-35-41-19-7-8-20-42(41)36-52(48)54/h1-36H. The predicted molar refractivity (Wildman–Crippen MR) is 229 cm³/mol. The number of hydrogen-bond acceptors (Lipinski definition) is 1. The topological polar surface area (TPSA) is 8.17 Å². The van der Waals surface area contributed by atoms with Gasteiger partial charge in [-0.2, -0.15) is 0 Å². The van der Waals surface area contributed by atoms with Crippen LogP contribution >= 0.6 is 0 Å². The molecule has 1 aromatic heterocycles. The molecule has 0 fully saturated rings. The number of hydrogen-bond donors (Lipinski definition) is 0. The van der Waals surface area contributed by atoms with Crippen LogP contribution in [-0.2, 0) is 0 Å². The Bertz CT molecular complexity index is 2910. The minimum absolute atomic E-state index is 1.09. The van der Waals surface area contributed by atoms with Crippen LogP contribution in [0.3, 0.4) is 0 Å². The number of nitrogens with zero attached hydrogens (tertiary/aromatic N) is 2. The first-order valence-electron chi connectivity index (χ1n) is 18.5. The van der Waals surface area contributed by atoms with Crippen LogP contribution in [0.2, 0.25) is 0 Å². The van der Waals surface area contributed by atoms with E-state index >= 15 is 0 Å². The molecule has 254 valence electrons. The van der Waals surface area contributed by atoms with Crippen molar-refractivity contribution >= 4 is 49.6 Å². The number of fused-ring (bicyclic) bond motifs is 4. The van der Waals surface area contributed by atoms with E-state index in [1.165, 1.54) is 60.4 Å². The van der Waals surface area contributed by atoms with Crippen LogP contribution in [0.25, 0.3) is 71.6 Å². The Morgan fingerprint density at radius 2 is 0.815 bits per heavy atom. The van der Waals surface area contributed by atoms with Gasteiger partial charge in [-0.3, -0.25) is 0 Å². The zero-order chi connectivity index (χ0) is 35.8. The van der Waals surface area contributed by atoms with E-state index < -0.39 is 0 Å². The largest absolute Gasteiger partial charge is 0.310 e. The lowest BCUT2D eigenvalue weighted by Gasteiger charge is -2.28. The molecule has 1 heterocycles. The Hall–Kier alpha value is -7.16. The van der Waals surface area contributed by atoms with Gasteiger partial charge in [-0.15, -0.1) is 0 Å². The maximum absolute atomic E-state index is 2.44. The fourth-order valence-corrected chi connectivity index (χ4v) is 8.01. The van der Waals surface area contributed by atoms with Crippen molar-refractivity contribution in [3.63, 3.8) is 0 Å². The molecule has 0 aliphatic heterocycles. The fraction of sp³-hybridized carbons (Fsp3) is 0. The van der Waals surface area contributed by atoms with Crippen molar-refractivity contribution in [2.75, 3.05) is 4.90 Å². The summed E-state index contributed by atoms with van der Waals surface area (Å²) in [7, 11) is 0. The SMILES string of the molecule is c1ccc(-c2ccc(N(c3ccc(-c4ccccc4-n4c5ccccc5c5cc6ccccc6cc54)cc3)c3ccccc3-c3ccccc3)cc2)cc1. The second kappa shape index (κ2) is 13.4. The van der Waals surface area contributed by atoms with Crippen LogP contribution in [0.15, 0.2) is 218 Å². The first-order chi connectivity index (χ1) is 26.8. The Morgan fingerprint density at radius 3 is 1.54 bits per heavy atom. The van der Waals surface area contributed by atoms with Gasteiger partial charge in [-0.1, -0.05) is 164 Å². The van der Waals surface area contributed by atoms with Gasteiger partial charge in [0.1, 0.15) is 0 Å². The summed E-state index contributed by atoms with van der Waals surface area (Å²) in [5.41, 5.74) is 14.0. The molecule has 0 spiro atoms. The van der Waals surface area contributed by atoms with E-state index in [9.17, 15) is 0 Å². The average Bonchev–Trinajstić information content (AvgIpc) is 3.57. The van der Waals surface area contributed by atoms with E-state index in [0.717, 1.165) is 28.3 Å². The number of aromatic nitrogens is 1. The highest BCUT2D eigenvalue weighted by atomic mass is 15.1. The zero-order valence-corrected chi connectivity index (χ0v) is 29.7. The molecule has 0 N–H and O–H groups in total. The van der Waals surface area contributed by atoms with E-state index in [2.05, 4.69) is 228 Å². The molecule has 2 heteroatoms. The number of para-hydroxylation sites is 3. The van der Waals surface area contributed by atoms with Gasteiger partial charge < -0.3 is 9.47 Å². The molecule has 10 aromatic rings. The summed E-state index contributed by atoms with van der Waals surface area (Å²) >= 11 is 0. The zero-order valence-electron chi connectivity index (χ0n) is 29.7. The Balaban J connectivity index is 1.11. The molecule has 0 aliphatic rings. The van der Waals surface area contributed by atoms with Crippen molar-refractivity contribution in [3.05, 3.63) is 218 Å². The van der Waals surface area contributed by atoms with Crippen LogP contribution in [0, 0.1) is 0 Å². The van der Waals surface area contributed by atoms with Crippen LogP contribution in [0.4, 0.5) is 17.1 Å². The van der Waals surface area contributed by atoms with Gasteiger partial charge in [0.05, 0.1) is 22.4 Å². The predicted octanol–water partition coefficient (Wildman–Crippen LogP) is 14.4. The summed E-state index contributed by atoms with van der Waals surface area (Å²) < 4.78 is 2.44. The summed E-state index contributed by atoms with van der Waals surface area (Å²) in [6, 6.07) is 78.8. The van der Waals surface area contributed by atoms with Crippen molar-refractivity contribution in [2.45, 2.75) is 0 Å². The maximum atomic E-state index is 2.44. The Morgan fingerprint density at radius 1 is 0.315 bits per heavy atom. The molecule has 54 heavy (non-hydrogen) atoms. The summed E-state index contributed by atoms with van der Waals surface area (Å²) in [6.45, 7) is 0. The third-order valence-corrected chi connectivity index (χ3v) is 10.6. The van der Waals surface area contributed by atoms with E-state index in [0.29, 0.717) is 0 Å². The molecule has 0 amide bonds. The molecule has 2 nitrogen and oxygen atoms in total. The van der Waals surface area contributed by atoms with E-state index in [1.807, 2.05) is 0 Å². The third kappa shape index (κ3) is 5.53. The van der Waals surface area contributed by atoms with Gasteiger partial charge in [0, 0.05) is 33.3 Å². The van der Waals surface area contributed by atoms with Crippen molar-refractivity contribution in [2.24, 2.45) is 0 Å². The summed E-state index contributed by atoms with van der Waals surface area (Å²) in [5, 5.41) is 5.02. The first kappa shape index (κ1) is 31.6. The average molecular weight is 689 g/mol. The van der Waals surface area contributed by atoms with Crippen LogP contribution in [0.5, 0.6) is 0 Å². The van der Waals surface area contributed by atoms with E-state index in [-0.39, 0.29) is 0 Å². The second-order valence-electron chi connectivity index (χ2n) is 13.8. The monoisotopic (exact) mass is 688 g/mol. The lowest BCUT2D eigenvalue weighted by molar-refractivity contribution is 1.18. The minimum atomic E-state index is 1.09. The molecule has 0 radical (unpaired) electrons. The fourth-order valence-electron chi connectivity index (χ4n) is 8.01. The van der Waals surface area contributed by atoms with E-state index in [1.54, 1.807) is 0 Å². The lowest BCUT2D eigenvalue weighted by Crippen LogP contribution is -2.11. The van der Waals surface area contributed by atoms with Gasteiger partial charge in [-0.25, -0.2) is 0 Å². The van der Waals surface area contributed by atoms with Gasteiger partial charge in [0.2, 0.25) is 0 Å². The quantitative estimate of drug-likeness (QED) is 0.162. The van der Waals surface area contributed by atoms with E-state index in [4.69, 9.17) is 0 Å². The van der Waals surface area contributed by atoms with Gasteiger partial charge in [-0.05, 0) is 87.6 Å². The summed E-state index contributed by atoms with van der Waals surface area (Å²) in [6.07, 6.45) is 0. The smallest absolute Gasteiger partial charge is 0.0547 e. The van der Waals surface area contributed by atoms with Gasteiger partial charge in [0.15, 0.2) is 0 Å². The van der Waals surface area contributed by atoms with Crippen molar-refractivity contribution in [3.8, 4) is 39.1 Å². The molecule has 0 saturated heterocycles. The highest BCUT2D eigenvalue weighted by Crippen LogP contribution is 2.43. The second-order valence-corrected chi connectivity index (χ2v) is 13.8. The third-order valence-electron chi connectivity index (χ3n) is 10.6. The number of anilines is 3. The van der Waals surface area contributed by atoms with Crippen LogP contribution in [0.1, 0.15) is 0 Å². The lowest BCUT2D eigenvalue weighted by atomic mass is 10.00. The highest BCUT2D eigenvalue weighted by molar-refractivity contribution is 6.14. The Kier molecular flexibility index (Phi) is 7.85. The first-order valence-corrected chi connectivity index (χ1v) is 18.5. The van der Waals surface area contributed by atoms with Crippen molar-refractivity contribution in [1.29, 1.82) is 0 Å². The summed E-state index contributed by atoms with van der Waals surface area (Å²) in [5.74, 6) is 0. The molecule has 0 atom stereocenters. The maximum Gasteiger partial charge on any atom is 0.0547 e. The number of rotatable bonds is 7. The van der Waals surface area contributed by atoms with Crippen molar-refractivity contribution < 1.29 is 0 Å². The van der Waals surface area contributed by atoms with Gasteiger partial charge >= 0.3 is 0 Å². The molecule has 0 bridgehead atoms. The molecular weight excluding hydrogens is 653 g/mol. The molecule has 10 rings (SSSR count). The normalized spacial score (nSPS) is 11.3. The van der Waals surface area contributed by atoms with Crippen molar-refractivity contribution in [1.82, 2.24) is 4.57 Å². The van der Waals surface area contributed by atoms with Gasteiger partial charge in [0.25, 0.3) is 0 Å². The molecular formula is C52H36N2. The summed E-state index contributed by atoms with van der Waals surface area (Å²) in [4.78, 5) is 2.38. The number of benzene rings is 9. The molecule has 0 unspecified atom stereocenters. The molecule has 0 aliphatic carbocycles. The highest BCUT2D eigenvalue weighted by Gasteiger charge is 2.19. The molecule has 9 aromatic carbocycles. The molecule has 0 saturated carbocycles.